The van der Waals surface area contributed by atoms with E-state index in [1.54, 1.807) is 0 Å². The van der Waals surface area contributed by atoms with Gasteiger partial charge in [-0.1, -0.05) is 12.8 Å². The van der Waals surface area contributed by atoms with Crippen molar-refractivity contribution in [3.05, 3.63) is 34.1 Å². The third kappa shape index (κ3) is 3.48. The van der Waals surface area contributed by atoms with Gasteiger partial charge in [-0.25, -0.2) is 4.39 Å². The van der Waals surface area contributed by atoms with Gasteiger partial charge in [-0.15, -0.1) is 11.6 Å². The molecule has 2 nitrogen and oxygen atoms in total. The maximum atomic E-state index is 13.0. The second-order valence-corrected chi connectivity index (χ2v) is 6.27. The highest BCUT2D eigenvalue weighted by Gasteiger charge is 2.33. The molecule has 0 bridgehead atoms. The van der Waals surface area contributed by atoms with Gasteiger partial charge in [-0.3, -0.25) is 4.79 Å². The lowest BCUT2D eigenvalue weighted by Gasteiger charge is -2.26. The molecule has 0 atom stereocenters. The normalized spacial score (nSPS) is 17.4. The van der Waals surface area contributed by atoms with Crippen molar-refractivity contribution in [3.63, 3.8) is 0 Å². The number of nitrogens with one attached hydrogen (secondary N) is 1. The fourth-order valence-corrected chi connectivity index (χ4v) is 3.41. The summed E-state index contributed by atoms with van der Waals surface area (Å²) >= 11 is 9.24. The van der Waals surface area contributed by atoms with Gasteiger partial charge in [-0.05, 0) is 47.0 Å². The average Bonchev–Trinajstić information content (AvgIpc) is 2.85. The summed E-state index contributed by atoms with van der Waals surface area (Å²) in [5.41, 5.74) is 0.480. The van der Waals surface area contributed by atoms with Crippen molar-refractivity contribution in [1.29, 1.82) is 0 Å². The van der Waals surface area contributed by atoms with Gasteiger partial charge in [-0.2, -0.15) is 0 Å². The molecule has 104 valence electrons. The lowest BCUT2D eigenvalue weighted by molar-refractivity contribution is 0.0934. The smallest absolute Gasteiger partial charge is 0.252 e. The summed E-state index contributed by atoms with van der Waals surface area (Å²) in [4.78, 5) is 12.1. The molecule has 1 aliphatic rings. The van der Waals surface area contributed by atoms with Gasteiger partial charge in [0.15, 0.2) is 0 Å². The predicted octanol–water partition coefficient (Wildman–Crippen LogP) is 4.12. The minimum absolute atomic E-state index is 0.0315. The van der Waals surface area contributed by atoms with Gasteiger partial charge in [0.25, 0.3) is 5.91 Å². The SMILES string of the molecule is O=C(NCC1(CCl)CCCC1)c1ccc(F)cc1Br. The van der Waals surface area contributed by atoms with Crippen LogP contribution in [0, 0.1) is 11.2 Å². The highest BCUT2D eigenvalue weighted by Crippen LogP contribution is 2.38. The van der Waals surface area contributed by atoms with Crippen LogP contribution in [0.1, 0.15) is 36.0 Å². The standard InChI is InChI=1S/C14H16BrClFNO/c15-12-7-10(17)3-4-11(12)13(19)18-9-14(8-16)5-1-2-6-14/h3-4,7H,1-2,5-6,8-9H2,(H,18,19). The van der Waals surface area contributed by atoms with Crippen molar-refractivity contribution in [2.24, 2.45) is 5.41 Å². The lowest BCUT2D eigenvalue weighted by Crippen LogP contribution is -2.37. The van der Waals surface area contributed by atoms with Crippen LogP contribution >= 0.6 is 27.5 Å². The number of benzene rings is 1. The molecular weight excluding hydrogens is 333 g/mol. The largest absolute Gasteiger partial charge is 0.351 e. The summed E-state index contributed by atoms with van der Waals surface area (Å²) in [6.45, 7) is 0.582. The Bertz CT molecular complexity index is 475. The first kappa shape index (κ1) is 14.8. The molecule has 0 heterocycles. The molecule has 0 unspecified atom stereocenters. The topological polar surface area (TPSA) is 29.1 Å². The van der Waals surface area contributed by atoms with Gasteiger partial charge in [0, 0.05) is 22.3 Å². The molecule has 0 aliphatic heterocycles. The van der Waals surface area contributed by atoms with Crippen molar-refractivity contribution in [2.45, 2.75) is 25.7 Å². The van der Waals surface area contributed by atoms with E-state index in [0.29, 0.717) is 22.5 Å². The maximum Gasteiger partial charge on any atom is 0.252 e. The van der Waals surface area contributed by atoms with Crippen LogP contribution < -0.4 is 5.32 Å². The number of hydrogen-bond donors (Lipinski definition) is 1. The zero-order valence-corrected chi connectivity index (χ0v) is 12.9. The zero-order chi connectivity index (χ0) is 13.9. The highest BCUT2D eigenvalue weighted by molar-refractivity contribution is 9.10. The van der Waals surface area contributed by atoms with Crippen LogP contribution in [0.4, 0.5) is 4.39 Å². The van der Waals surface area contributed by atoms with Gasteiger partial charge < -0.3 is 5.32 Å². The van der Waals surface area contributed by atoms with E-state index in [1.807, 2.05) is 0 Å². The Hall–Kier alpha value is -0.610. The molecule has 1 saturated carbocycles. The van der Waals surface area contributed by atoms with E-state index in [1.165, 1.54) is 31.0 Å². The lowest BCUT2D eigenvalue weighted by atomic mass is 9.88. The fourth-order valence-electron chi connectivity index (χ4n) is 2.52. The second-order valence-electron chi connectivity index (χ2n) is 5.15. The third-order valence-electron chi connectivity index (χ3n) is 3.75. The average molecular weight is 349 g/mol. The van der Waals surface area contributed by atoms with Gasteiger partial charge >= 0.3 is 0 Å². The first-order valence-corrected chi connectivity index (χ1v) is 7.68. The Labute approximate surface area is 125 Å². The Kier molecular flexibility index (Phi) is 4.85. The Balaban J connectivity index is 2.01. The summed E-state index contributed by atoms with van der Waals surface area (Å²) in [7, 11) is 0. The number of halogens is 3. The van der Waals surface area contributed by atoms with Crippen LogP contribution in [0.2, 0.25) is 0 Å². The first-order valence-electron chi connectivity index (χ1n) is 6.36. The molecule has 0 spiro atoms. The first-order chi connectivity index (χ1) is 9.06. The summed E-state index contributed by atoms with van der Waals surface area (Å²) in [6, 6.07) is 4.06. The molecule has 2 rings (SSSR count). The van der Waals surface area contributed by atoms with E-state index in [2.05, 4.69) is 21.2 Å². The number of carbonyl (C=O) groups is 1. The Morgan fingerprint density at radius 1 is 1.42 bits per heavy atom. The molecule has 19 heavy (non-hydrogen) atoms. The minimum Gasteiger partial charge on any atom is -0.351 e. The molecule has 1 amide bonds. The van der Waals surface area contributed by atoms with Crippen molar-refractivity contribution < 1.29 is 9.18 Å². The summed E-state index contributed by atoms with van der Waals surface area (Å²) in [5, 5.41) is 2.92. The van der Waals surface area contributed by atoms with Crippen LogP contribution in [-0.4, -0.2) is 18.3 Å². The Morgan fingerprint density at radius 3 is 2.68 bits per heavy atom. The zero-order valence-electron chi connectivity index (χ0n) is 10.5. The highest BCUT2D eigenvalue weighted by atomic mass is 79.9. The molecule has 1 aromatic rings. The van der Waals surface area contributed by atoms with Crippen molar-refractivity contribution >= 4 is 33.4 Å². The molecule has 1 fully saturated rings. The number of rotatable bonds is 4. The van der Waals surface area contributed by atoms with Crippen LogP contribution in [0.15, 0.2) is 22.7 Å². The van der Waals surface area contributed by atoms with E-state index in [9.17, 15) is 9.18 Å². The third-order valence-corrected chi connectivity index (χ3v) is 4.97. The molecule has 0 saturated heterocycles. The molecule has 1 N–H and O–H groups in total. The number of alkyl halides is 1. The van der Waals surface area contributed by atoms with Crippen LogP contribution in [-0.2, 0) is 0 Å². The summed E-state index contributed by atoms with van der Waals surface area (Å²) < 4.78 is 13.4. The van der Waals surface area contributed by atoms with Gasteiger partial charge in [0.1, 0.15) is 5.82 Å². The molecular formula is C14H16BrClFNO. The van der Waals surface area contributed by atoms with Crippen LogP contribution in [0.25, 0.3) is 0 Å². The van der Waals surface area contributed by atoms with Crippen LogP contribution in [0.3, 0.4) is 0 Å². The minimum atomic E-state index is -0.364. The Morgan fingerprint density at radius 2 is 2.11 bits per heavy atom. The molecule has 1 aliphatic carbocycles. The predicted molar refractivity (Wildman–Crippen MR) is 78.1 cm³/mol. The maximum absolute atomic E-state index is 13.0. The van der Waals surface area contributed by atoms with Crippen molar-refractivity contribution in [3.8, 4) is 0 Å². The summed E-state index contributed by atoms with van der Waals surface area (Å²) in [5.74, 6) is 0.0115. The van der Waals surface area contributed by atoms with E-state index in [0.717, 1.165) is 12.8 Å². The van der Waals surface area contributed by atoms with E-state index in [-0.39, 0.29) is 17.1 Å². The number of hydrogen-bond acceptors (Lipinski definition) is 1. The second kappa shape index (κ2) is 6.23. The molecule has 0 aromatic heterocycles. The fraction of sp³-hybridized carbons (Fsp3) is 0.500. The quantitative estimate of drug-likeness (QED) is 0.815. The summed E-state index contributed by atoms with van der Waals surface area (Å²) in [6.07, 6.45) is 4.45. The molecule has 5 heteroatoms. The molecule has 1 aromatic carbocycles. The van der Waals surface area contributed by atoms with Crippen molar-refractivity contribution in [2.75, 3.05) is 12.4 Å². The number of amides is 1. The van der Waals surface area contributed by atoms with Crippen molar-refractivity contribution in [1.82, 2.24) is 5.32 Å². The van der Waals surface area contributed by atoms with Crippen LogP contribution in [0.5, 0.6) is 0 Å². The van der Waals surface area contributed by atoms with E-state index in [4.69, 9.17) is 11.6 Å². The van der Waals surface area contributed by atoms with E-state index < -0.39 is 0 Å². The molecule has 0 radical (unpaired) electrons. The van der Waals surface area contributed by atoms with Gasteiger partial charge in [0.05, 0.1) is 5.56 Å². The monoisotopic (exact) mass is 347 g/mol. The van der Waals surface area contributed by atoms with Gasteiger partial charge in [0.2, 0.25) is 0 Å². The number of carbonyl (C=O) groups excluding carboxylic acids is 1. The van der Waals surface area contributed by atoms with E-state index >= 15 is 0 Å².